The number of hydrogen-bond donors (Lipinski definition) is 2. The molecule has 1 aromatic heterocycles. The first kappa shape index (κ1) is 18.6. The molecule has 0 fully saturated rings. The number of pyridine rings is 1. The van der Waals surface area contributed by atoms with Crippen LogP contribution in [-0.4, -0.2) is 22.6 Å². The minimum Gasteiger partial charge on any atom is -0.325 e. The van der Waals surface area contributed by atoms with E-state index in [2.05, 4.69) is 15.6 Å². The maximum atomic E-state index is 12.9. The summed E-state index contributed by atoms with van der Waals surface area (Å²) in [6, 6.07) is 18.0. The van der Waals surface area contributed by atoms with Crippen LogP contribution in [0.15, 0.2) is 78.0 Å². The number of thioether (sulfide) groups is 1. The summed E-state index contributed by atoms with van der Waals surface area (Å²) in [5, 5.41) is 6.10. The number of carbonyl (C=O) groups excluding carboxylic acids is 2. The van der Waals surface area contributed by atoms with E-state index in [0.29, 0.717) is 16.3 Å². The lowest BCUT2D eigenvalue weighted by Crippen LogP contribution is -2.14. The molecular weight excluding hydrogens is 365 g/mol. The summed E-state index contributed by atoms with van der Waals surface area (Å²) in [6.07, 6.45) is 1.44. The molecule has 3 rings (SSSR count). The molecule has 5 nitrogen and oxygen atoms in total. The number of benzene rings is 2. The molecule has 7 heteroatoms. The van der Waals surface area contributed by atoms with E-state index >= 15 is 0 Å². The summed E-state index contributed by atoms with van der Waals surface area (Å²) < 4.78 is 12.9. The van der Waals surface area contributed by atoms with Gasteiger partial charge in [-0.25, -0.2) is 9.37 Å². The fourth-order valence-corrected chi connectivity index (χ4v) is 2.84. The Morgan fingerprint density at radius 3 is 2.26 bits per heavy atom. The Bertz CT molecular complexity index is 916. The van der Waals surface area contributed by atoms with Gasteiger partial charge in [0.15, 0.2) is 0 Å². The Kier molecular flexibility index (Phi) is 6.17. The quantitative estimate of drug-likeness (QED) is 0.628. The van der Waals surface area contributed by atoms with Gasteiger partial charge >= 0.3 is 0 Å². The molecule has 2 amide bonds. The molecular formula is C20H16FN3O2S. The second-order valence-electron chi connectivity index (χ2n) is 5.55. The van der Waals surface area contributed by atoms with E-state index in [0.717, 1.165) is 5.69 Å². The minimum absolute atomic E-state index is 0.133. The van der Waals surface area contributed by atoms with Gasteiger partial charge in [-0.15, -0.1) is 0 Å². The monoisotopic (exact) mass is 381 g/mol. The lowest BCUT2D eigenvalue weighted by Gasteiger charge is -2.06. The van der Waals surface area contributed by atoms with Gasteiger partial charge in [-0.1, -0.05) is 30.0 Å². The van der Waals surface area contributed by atoms with Gasteiger partial charge < -0.3 is 10.6 Å². The molecule has 0 saturated carbocycles. The van der Waals surface area contributed by atoms with Crippen LogP contribution in [0.4, 0.5) is 15.8 Å². The number of anilines is 2. The maximum absolute atomic E-state index is 12.9. The zero-order valence-electron chi connectivity index (χ0n) is 14.2. The number of hydrogen-bond acceptors (Lipinski definition) is 4. The van der Waals surface area contributed by atoms with Crippen LogP contribution in [0.5, 0.6) is 0 Å². The molecule has 2 aromatic carbocycles. The largest absolute Gasteiger partial charge is 0.325 e. The lowest BCUT2D eigenvalue weighted by atomic mass is 10.2. The van der Waals surface area contributed by atoms with Gasteiger partial charge in [0, 0.05) is 17.6 Å². The van der Waals surface area contributed by atoms with Gasteiger partial charge in [0.25, 0.3) is 5.91 Å². The van der Waals surface area contributed by atoms with Gasteiger partial charge in [-0.3, -0.25) is 9.59 Å². The van der Waals surface area contributed by atoms with Gasteiger partial charge in [0.1, 0.15) is 5.82 Å². The van der Waals surface area contributed by atoms with Gasteiger partial charge in [-0.05, 0) is 48.5 Å². The van der Waals surface area contributed by atoms with Crippen molar-refractivity contribution in [1.82, 2.24) is 4.98 Å². The average molecular weight is 381 g/mol. The van der Waals surface area contributed by atoms with E-state index in [1.807, 2.05) is 30.3 Å². The molecule has 0 unspecified atom stereocenters. The molecule has 3 aromatic rings. The van der Waals surface area contributed by atoms with Crippen molar-refractivity contribution in [2.75, 3.05) is 16.4 Å². The van der Waals surface area contributed by atoms with Crippen molar-refractivity contribution in [2.24, 2.45) is 0 Å². The number of nitrogens with one attached hydrogen (secondary N) is 2. The van der Waals surface area contributed by atoms with Crippen LogP contribution in [0, 0.1) is 5.82 Å². The molecule has 0 radical (unpaired) electrons. The third kappa shape index (κ3) is 5.65. The lowest BCUT2D eigenvalue weighted by molar-refractivity contribution is -0.113. The van der Waals surface area contributed by atoms with E-state index in [4.69, 9.17) is 0 Å². The molecule has 0 aliphatic carbocycles. The molecule has 0 bridgehead atoms. The second-order valence-corrected chi connectivity index (χ2v) is 6.54. The number of rotatable bonds is 6. The van der Waals surface area contributed by atoms with Crippen LogP contribution >= 0.6 is 11.8 Å². The summed E-state index contributed by atoms with van der Waals surface area (Å²) in [4.78, 5) is 28.3. The van der Waals surface area contributed by atoms with Crippen molar-refractivity contribution in [3.05, 3.63) is 84.3 Å². The van der Waals surface area contributed by atoms with Crippen LogP contribution in [0.25, 0.3) is 0 Å². The highest BCUT2D eigenvalue weighted by molar-refractivity contribution is 7.99. The molecule has 27 heavy (non-hydrogen) atoms. The highest BCUT2D eigenvalue weighted by Gasteiger charge is 2.09. The smallest absolute Gasteiger partial charge is 0.257 e. The third-order valence-electron chi connectivity index (χ3n) is 3.51. The van der Waals surface area contributed by atoms with Crippen LogP contribution < -0.4 is 10.6 Å². The second kappa shape index (κ2) is 8.95. The number of para-hydroxylation sites is 1. The van der Waals surface area contributed by atoms with Gasteiger partial charge in [0.05, 0.1) is 16.3 Å². The Hall–Kier alpha value is -3.19. The van der Waals surface area contributed by atoms with E-state index in [-0.39, 0.29) is 23.4 Å². The molecule has 0 aliphatic heterocycles. The third-order valence-corrected chi connectivity index (χ3v) is 4.45. The summed E-state index contributed by atoms with van der Waals surface area (Å²) in [7, 11) is 0. The number of amides is 2. The molecule has 0 aliphatic rings. The molecule has 136 valence electrons. The molecule has 0 saturated heterocycles. The zero-order valence-corrected chi connectivity index (χ0v) is 15.0. The number of nitrogens with zero attached hydrogens (tertiary/aromatic N) is 1. The molecule has 1 heterocycles. The highest BCUT2D eigenvalue weighted by atomic mass is 32.2. The topological polar surface area (TPSA) is 71.1 Å². The van der Waals surface area contributed by atoms with Gasteiger partial charge in [-0.2, -0.15) is 0 Å². The predicted octanol–water partition coefficient (Wildman–Crippen LogP) is 4.20. The first-order chi connectivity index (χ1) is 13.1. The van der Waals surface area contributed by atoms with Crippen molar-refractivity contribution in [2.45, 2.75) is 5.03 Å². The first-order valence-corrected chi connectivity index (χ1v) is 9.09. The standard InChI is InChI=1S/C20H16FN3O2S/c21-15-7-9-17(10-8-15)24-20(26)14-6-11-19(22-12-14)27-13-18(25)23-16-4-2-1-3-5-16/h1-12H,13H2,(H,23,25)(H,24,26). The summed E-state index contributed by atoms with van der Waals surface area (Å²) in [5.41, 5.74) is 1.61. The number of halogens is 1. The summed E-state index contributed by atoms with van der Waals surface area (Å²) in [5.74, 6) is -0.630. The molecule has 0 atom stereocenters. The fraction of sp³-hybridized carbons (Fsp3) is 0.0500. The van der Waals surface area contributed by atoms with E-state index < -0.39 is 0 Å². The number of carbonyl (C=O) groups is 2. The minimum atomic E-state index is -0.368. The van der Waals surface area contributed by atoms with Crippen molar-refractivity contribution in [3.63, 3.8) is 0 Å². The summed E-state index contributed by atoms with van der Waals surface area (Å²) in [6.45, 7) is 0. The molecule has 0 spiro atoms. The van der Waals surface area contributed by atoms with Crippen LogP contribution in [0.1, 0.15) is 10.4 Å². The summed E-state index contributed by atoms with van der Waals surface area (Å²) >= 11 is 1.28. The van der Waals surface area contributed by atoms with Crippen molar-refractivity contribution in [1.29, 1.82) is 0 Å². The number of aromatic nitrogens is 1. The van der Waals surface area contributed by atoms with E-state index in [1.54, 1.807) is 12.1 Å². The first-order valence-electron chi connectivity index (χ1n) is 8.11. The predicted molar refractivity (Wildman–Crippen MR) is 104 cm³/mol. The van der Waals surface area contributed by atoms with Crippen LogP contribution in [-0.2, 0) is 4.79 Å². The Balaban J connectivity index is 1.51. The van der Waals surface area contributed by atoms with E-state index in [1.165, 1.54) is 42.2 Å². The SMILES string of the molecule is O=C(CSc1ccc(C(=O)Nc2ccc(F)cc2)cn1)Nc1ccccc1. The average Bonchev–Trinajstić information content (AvgIpc) is 2.69. The van der Waals surface area contributed by atoms with Crippen molar-refractivity contribution in [3.8, 4) is 0 Å². The maximum Gasteiger partial charge on any atom is 0.257 e. The van der Waals surface area contributed by atoms with Crippen molar-refractivity contribution < 1.29 is 14.0 Å². The zero-order chi connectivity index (χ0) is 19.1. The normalized spacial score (nSPS) is 10.3. The Morgan fingerprint density at radius 1 is 0.889 bits per heavy atom. The van der Waals surface area contributed by atoms with Crippen LogP contribution in [0.3, 0.4) is 0 Å². The van der Waals surface area contributed by atoms with Gasteiger partial charge in [0.2, 0.25) is 5.91 Å². The molecule has 2 N–H and O–H groups in total. The Morgan fingerprint density at radius 2 is 1.59 bits per heavy atom. The highest BCUT2D eigenvalue weighted by Crippen LogP contribution is 2.17. The fourth-order valence-electron chi connectivity index (χ4n) is 2.19. The van der Waals surface area contributed by atoms with Crippen molar-refractivity contribution >= 4 is 35.0 Å². The Labute approximate surface area is 160 Å². The van der Waals surface area contributed by atoms with Crippen LogP contribution in [0.2, 0.25) is 0 Å². The van der Waals surface area contributed by atoms with E-state index in [9.17, 15) is 14.0 Å².